The molecule has 0 radical (unpaired) electrons. The fraction of sp³-hybridized carbons (Fsp3) is 0.278. The lowest BCUT2D eigenvalue weighted by atomic mass is 10.1. The Morgan fingerprint density at radius 3 is 1.86 bits per heavy atom. The van der Waals surface area contributed by atoms with Gasteiger partial charge >= 0.3 is 0 Å². The Labute approximate surface area is 131 Å². The molecule has 2 aromatic carbocycles. The van der Waals surface area contributed by atoms with E-state index in [9.17, 15) is 4.79 Å². The number of amides is 1. The van der Waals surface area contributed by atoms with Gasteiger partial charge in [-0.05, 0) is 11.1 Å². The minimum absolute atomic E-state index is 0.0386. The van der Waals surface area contributed by atoms with Crippen LogP contribution in [0.5, 0.6) is 0 Å². The molecule has 2 aromatic rings. The highest BCUT2D eigenvalue weighted by atomic mass is 16.3. The highest BCUT2D eigenvalue weighted by Gasteiger charge is 2.11. The number of carbonyl (C=O) groups excluding carboxylic acids is 1. The van der Waals surface area contributed by atoms with Crippen molar-refractivity contribution in [1.82, 2.24) is 10.2 Å². The number of nitrogens with one attached hydrogen (secondary N) is 1. The van der Waals surface area contributed by atoms with Crippen LogP contribution in [0.15, 0.2) is 60.7 Å². The summed E-state index contributed by atoms with van der Waals surface area (Å²) < 4.78 is 0. The zero-order valence-electron chi connectivity index (χ0n) is 12.6. The molecule has 0 saturated carbocycles. The molecule has 0 heterocycles. The molecule has 2 rings (SSSR count). The first-order valence-electron chi connectivity index (χ1n) is 7.45. The maximum absolute atomic E-state index is 11.9. The van der Waals surface area contributed by atoms with Crippen LogP contribution in [0, 0.1) is 0 Å². The second-order valence-electron chi connectivity index (χ2n) is 5.19. The van der Waals surface area contributed by atoms with Crippen LogP contribution in [0.4, 0.5) is 0 Å². The predicted molar refractivity (Wildman–Crippen MR) is 87.1 cm³/mol. The summed E-state index contributed by atoms with van der Waals surface area (Å²) >= 11 is 0. The van der Waals surface area contributed by atoms with E-state index in [2.05, 4.69) is 34.5 Å². The molecule has 0 atom stereocenters. The highest BCUT2D eigenvalue weighted by Crippen LogP contribution is 2.09. The van der Waals surface area contributed by atoms with Gasteiger partial charge in [0.1, 0.15) is 0 Å². The molecular formula is C18H22N2O2. The molecule has 22 heavy (non-hydrogen) atoms. The van der Waals surface area contributed by atoms with Crippen molar-refractivity contribution in [3.63, 3.8) is 0 Å². The van der Waals surface area contributed by atoms with E-state index in [4.69, 9.17) is 5.11 Å². The van der Waals surface area contributed by atoms with E-state index >= 15 is 0 Å². The van der Waals surface area contributed by atoms with E-state index in [0.717, 1.165) is 0 Å². The van der Waals surface area contributed by atoms with Crippen molar-refractivity contribution in [2.75, 3.05) is 19.7 Å². The number of aliphatic hydroxyl groups is 1. The molecule has 0 spiro atoms. The van der Waals surface area contributed by atoms with Crippen molar-refractivity contribution in [2.24, 2.45) is 0 Å². The average molecular weight is 298 g/mol. The number of nitrogens with zero attached hydrogens (tertiary/aromatic N) is 1. The highest BCUT2D eigenvalue weighted by molar-refractivity contribution is 5.77. The zero-order valence-corrected chi connectivity index (χ0v) is 12.6. The number of hydrogen-bond acceptors (Lipinski definition) is 3. The largest absolute Gasteiger partial charge is 0.395 e. The standard InChI is InChI=1S/C18H22N2O2/c21-12-11-19-18(22)15-20(13-16-7-3-1-4-8-16)14-17-9-5-2-6-10-17/h1-10,21H,11-15H2,(H,19,22). The maximum atomic E-state index is 11.9. The Morgan fingerprint density at radius 2 is 1.41 bits per heavy atom. The fourth-order valence-electron chi connectivity index (χ4n) is 2.31. The molecule has 0 unspecified atom stereocenters. The summed E-state index contributed by atoms with van der Waals surface area (Å²) in [6.07, 6.45) is 0. The van der Waals surface area contributed by atoms with E-state index in [0.29, 0.717) is 26.2 Å². The monoisotopic (exact) mass is 298 g/mol. The van der Waals surface area contributed by atoms with Crippen LogP contribution in [0.1, 0.15) is 11.1 Å². The van der Waals surface area contributed by atoms with Gasteiger partial charge in [-0.25, -0.2) is 0 Å². The lowest BCUT2D eigenvalue weighted by Crippen LogP contribution is -2.37. The Morgan fingerprint density at radius 1 is 0.909 bits per heavy atom. The summed E-state index contributed by atoms with van der Waals surface area (Å²) in [5.41, 5.74) is 2.35. The fourth-order valence-corrected chi connectivity index (χ4v) is 2.31. The van der Waals surface area contributed by atoms with Crippen molar-refractivity contribution in [3.05, 3.63) is 71.8 Å². The summed E-state index contributed by atoms with van der Waals surface area (Å²) in [7, 11) is 0. The number of carbonyl (C=O) groups is 1. The second-order valence-corrected chi connectivity index (χ2v) is 5.19. The molecule has 0 bridgehead atoms. The van der Waals surface area contributed by atoms with Gasteiger partial charge in [0.2, 0.25) is 5.91 Å². The lowest BCUT2D eigenvalue weighted by molar-refractivity contribution is -0.122. The third-order valence-corrected chi connectivity index (χ3v) is 3.30. The summed E-state index contributed by atoms with van der Waals surface area (Å²) in [5, 5.41) is 11.5. The Kier molecular flexibility index (Phi) is 6.61. The second kappa shape index (κ2) is 8.97. The summed E-state index contributed by atoms with van der Waals surface area (Å²) in [6.45, 7) is 1.99. The molecule has 2 N–H and O–H groups in total. The molecule has 116 valence electrons. The maximum Gasteiger partial charge on any atom is 0.234 e. The van der Waals surface area contributed by atoms with E-state index < -0.39 is 0 Å². The van der Waals surface area contributed by atoms with Gasteiger partial charge in [-0.2, -0.15) is 0 Å². The molecule has 0 aliphatic carbocycles. The molecule has 4 heteroatoms. The Balaban J connectivity index is 2.01. The van der Waals surface area contributed by atoms with E-state index in [1.807, 2.05) is 36.4 Å². The van der Waals surface area contributed by atoms with Crippen molar-refractivity contribution in [2.45, 2.75) is 13.1 Å². The lowest BCUT2D eigenvalue weighted by Gasteiger charge is -2.22. The van der Waals surface area contributed by atoms with Crippen molar-refractivity contribution in [3.8, 4) is 0 Å². The molecular weight excluding hydrogens is 276 g/mol. The van der Waals surface area contributed by atoms with E-state index in [1.54, 1.807) is 0 Å². The molecule has 0 aliphatic rings. The first kappa shape index (κ1) is 16.2. The normalized spacial score (nSPS) is 10.6. The van der Waals surface area contributed by atoms with E-state index in [-0.39, 0.29) is 12.5 Å². The quantitative estimate of drug-likeness (QED) is 0.781. The van der Waals surface area contributed by atoms with Gasteiger partial charge in [-0.3, -0.25) is 9.69 Å². The molecule has 0 saturated heterocycles. The van der Waals surface area contributed by atoms with Gasteiger partial charge in [0.15, 0.2) is 0 Å². The molecule has 0 fully saturated rings. The average Bonchev–Trinajstić information content (AvgIpc) is 2.55. The van der Waals surface area contributed by atoms with Crippen molar-refractivity contribution >= 4 is 5.91 Å². The molecule has 0 aliphatic heterocycles. The van der Waals surface area contributed by atoms with Gasteiger partial charge in [0, 0.05) is 19.6 Å². The zero-order chi connectivity index (χ0) is 15.6. The number of benzene rings is 2. The molecule has 4 nitrogen and oxygen atoms in total. The smallest absolute Gasteiger partial charge is 0.234 e. The van der Waals surface area contributed by atoms with Crippen LogP contribution in [0.2, 0.25) is 0 Å². The Hall–Kier alpha value is -2.17. The van der Waals surface area contributed by atoms with E-state index in [1.165, 1.54) is 11.1 Å². The third-order valence-electron chi connectivity index (χ3n) is 3.30. The topological polar surface area (TPSA) is 52.6 Å². The first-order chi connectivity index (χ1) is 10.8. The van der Waals surface area contributed by atoms with Gasteiger partial charge < -0.3 is 10.4 Å². The van der Waals surface area contributed by atoms with Gasteiger partial charge in [0.25, 0.3) is 0 Å². The number of aliphatic hydroxyl groups excluding tert-OH is 1. The van der Waals surface area contributed by atoms with Gasteiger partial charge in [-0.1, -0.05) is 60.7 Å². The molecule has 1 amide bonds. The first-order valence-corrected chi connectivity index (χ1v) is 7.45. The SMILES string of the molecule is O=C(CN(Cc1ccccc1)Cc1ccccc1)NCCO. The van der Waals surface area contributed by atoms with Crippen molar-refractivity contribution < 1.29 is 9.90 Å². The summed E-state index contributed by atoms with van der Waals surface area (Å²) in [5.74, 6) is -0.0686. The number of rotatable bonds is 8. The van der Waals surface area contributed by atoms with Crippen LogP contribution in [0.3, 0.4) is 0 Å². The minimum Gasteiger partial charge on any atom is -0.395 e. The van der Waals surface area contributed by atoms with Crippen LogP contribution in [-0.2, 0) is 17.9 Å². The van der Waals surface area contributed by atoms with Crippen LogP contribution >= 0.6 is 0 Å². The van der Waals surface area contributed by atoms with Gasteiger partial charge in [0.05, 0.1) is 13.2 Å². The van der Waals surface area contributed by atoms with Crippen LogP contribution < -0.4 is 5.32 Å². The summed E-state index contributed by atoms with van der Waals surface area (Å²) in [4.78, 5) is 14.0. The van der Waals surface area contributed by atoms with Crippen LogP contribution in [0.25, 0.3) is 0 Å². The number of hydrogen-bond donors (Lipinski definition) is 2. The van der Waals surface area contributed by atoms with Crippen LogP contribution in [-0.4, -0.2) is 35.6 Å². The van der Waals surface area contributed by atoms with Crippen molar-refractivity contribution in [1.29, 1.82) is 0 Å². The minimum atomic E-state index is -0.0686. The summed E-state index contributed by atoms with van der Waals surface area (Å²) in [6, 6.07) is 20.2. The molecule has 0 aromatic heterocycles. The Bertz CT molecular complexity index is 516. The predicted octanol–water partition coefficient (Wildman–Crippen LogP) is 1.80. The third kappa shape index (κ3) is 5.68. The van der Waals surface area contributed by atoms with Gasteiger partial charge in [-0.15, -0.1) is 0 Å².